The van der Waals surface area contributed by atoms with Gasteiger partial charge in [0, 0.05) is 33.3 Å². The number of carbonyl (C=O) groups excluding carboxylic acids is 3. The Kier molecular flexibility index (Phi) is 5.08. The van der Waals surface area contributed by atoms with Crippen molar-refractivity contribution in [3.05, 3.63) is 57.6 Å². The summed E-state index contributed by atoms with van der Waals surface area (Å²) in [5.74, 6) is -1.30. The number of amides is 3. The number of nitrogens with zero attached hydrogens (tertiary/aromatic N) is 2. The molecule has 8 heteroatoms. The summed E-state index contributed by atoms with van der Waals surface area (Å²) in [6, 6.07) is 10.4. The molecule has 1 N–H and O–H groups in total. The van der Waals surface area contributed by atoms with Crippen LogP contribution in [0.1, 0.15) is 30.9 Å². The molecule has 0 aromatic heterocycles. The molecule has 2 fully saturated rings. The minimum atomic E-state index is -0.927. The van der Waals surface area contributed by atoms with E-state index < -0.39 is 11.5 Å². The zero-order chi connectivity index (χ0) is 22.8. The lowest BCUT2D eigenvalue weighted by molar-refractivity contribution is -0.128. The van der Waals surface area contributed by atoms with Crippen molar-refractivity contribution < 1.29 is 14.4 Å². The highest BCUT2D eigenvalue weighted by Gasteiger charge is 2.67. The average Bonchev–Trinajstić information content (AvgIpc) is 3.36. The molecule has 0 bridgehead atoms. The number of anilines is 2. The summed E-state index contributed by atoms with van der Waals surface area (Å²) in [4.78, 5) is 42.7. The minimum absolute atomic E-state index is 0.101. The van der Waals surface area contributed by atoms with Gasteiger partial charge in [0.15, 0.2) is 0 Å². The predicted octanol–water partition coefficient (Wildman–Crippen LogP) is 4.37. The lowest BCUT2D eigenvalue weighted by atomic mass is 9.74. The van der Waals surface area contributed by atoms with Gasteiger partial charge in [-0.3, -0.25) is 24.2 Å². The molecule has 2 aromatic rings. The van der Waals surface area contributed by atoms with Crippen LogP contribution in [0.4, 0.5) is 11.4 Å². The van der Waals surface area contributed by atoms with Gasteiger partial charge in [0.1, 0.15) is 5.54 Å². The number of hydrogen-bond donors (Lipinski definition) is 1. The summed E-state index contributed by atoms with van der Waals surface area (Å²) in [7, 11) is 0. The molecule has 3 aliphatic heterocycles. The first kappa shape index (κ1) is 21.4. The Bertz CT molecular complexity index is 1130. The molecule has 2 saturated heterocycles. The third-order valence-electron chi connectivity index (χ3n) is 7.30. The highest BCUT2D eigenvalue weighted by molar-refractivity contribution is 6.35. The zero-order valence-corrected chi connectivity index (χ0v) is 19.3. The molecule has 0 radical (unpaired) electrons. The molecule has 0 aliphatic carbocycles. The van der Waals surface area contributed by atoms with Gasteiger partial charge in [-0.05, 0) is 50.6 Å². The van der Waals surface area contributed by atoms with E-state index in [1.807, 2.05) is 32.0 Å². The minimum Gasteiger partial charge on any atom is -0.324 e. The van der Waals surface area contributed by atoms with Crippen LogP contribution in [0, 0.1) is 18.8 Å². The fourth-order valence-corrected chi connectivity index (χ4v) is 6.59. The monoisotopic (exact) mass is 471 g/mol. The van der Waals surface area contributed by atoms with Gasteiger partial charge in [-0.1, -0.05) is 47.8 Å². The van der Waals surface area contributed by atoms with Crippen molar-refractivity contribution in [3.63, 3.8) is 0 Å². The van der Waals surface area contributed by atoms with Gasteiger partial charge in [0.05, 0.1) is 11.6 Å². The van der Waals surface area contributed by atoms with E-state index in [9.17, 15) is 14.4 Å². The molecular formula is C24H23Cl2N3O3. The highest BCUT2D eigenvalue weighted by Crippen LogP contribution is 2.58. The van der Waals surface area contributed by atoms with Crippen LogP contribution in [0.5, 0.6) is 0 Å². The quantitative estimate of drug-likeness (QED) is 0.674. The Morgan fingerprint density at radius 3 is 2.62 bits per heavy atom. The van der Waals surface area contributed by atoms with Crippen molar-refractivity contribution in [2.45, 2.75) is 38.3 Å². The fraction of sp³-hybridized carbons (Fsp3) is 0.375. The summed E-state index contributed by atoms with van der Waals surface area (Å²) >= 11 is 12.2. The maximum absolute atomic E-state index is 13.8. The largest absolute Gasteiger partial charge is 0.324 e. The van der Waals surface area contributed by atoms with Crippen molar-refractivity contribution in [2.24, 2.45) is 11.8 Å². The standard InChI is InChI=1S/C24H23Cl2N3O3/c1-13-5-6-19-18(8-13)24(23(32)27-19)14(2)21(20-4-3-7-29(20)24)22(31)28(12-30)17-10-15(25)9-16(26)11-17/h5-6,8-12,14,20-21H,3-4,7H2,1-2H3,(H,27,32). The van der Waals surface area contributed by atoms with Crippen molar-refractivity contribution in [1.29, 1.82) is 0 Å². The summed E-state index contributed by atoms with van der Waals surface area (Å²) in [6.45, 7) is 4.67. The van der Waals surface area contributed by atoms with E-state index in [0.29, 0.717) is 22.1 Å². The molecule has 1 spiro atoms. The number of rotatable bonds is 3. The maximum atomic E-state index is 13.8. The van der Waals surface area contributed by atoms with E-state index in [4.69, 9.17) is 23.2 Å². The molecule has 5 rings (SSSR count). The zero-order valence-electron chi connectivity index (χ0n) is 17.8. The lowest BCUT2D eigenvalue weighted by Gasteiger charge is -2.36. The second-order valence-corrected chi connectivity index (χ2v) is 9.80. The van der Waals surface area contributed by atoms with Gasteiger partial charge in [-0.15, -0.1) is 0 Å². The number of hydrogen-bond acceptors (Lipinski definition) is 4. The van der Waals surface area contributed by atoms with E-state index in [1.165, 1.54) is 0 Å². The van der Waals surface area contributed by atoms with Crippen molar-refractivity contribution in [3.8, 4) is 0 Å². The molecule has 4 unspecified atom stereocenters. The van der Waals surface area contributed by atoms with Crippen LogP contribution < -0.4 is 10.2 Å². The van der Waals surface area contributed by atoms with Gasteiger partial charge >= 0.3 is 0 Å². The van der Waals surface area contributed by atoms with E-state index >= 15 is 0 Å². The van der Waals surface area contributed by atoms with Crippen LogP contribution in [-0.2, 0) is 19.9 Å². The predicted molar refractivity (Wildman–Crippen MR) is 124 cm³/mol. The van der Waals surface area contributed by atoms with Gasteiger partial charge in [-0.25, -0.2) is 0 Å². The third-order valence-corrected chi connectivity index (χ3v) is 7.73. The van der Waals surface area contributed by atoms with Gasteiger partial charge in [0.25, 0.3) is 0 Å². The summed E-state index contributed by atoms with van der Waals surface area (Å²) < 4.78 is 0. The number of aryl methyl sites for hydroxylation is 1. The van der Waals surface area contributed by atoms with Crippen molar-refractivity contribution >= 4 is 52.8 Å². The maximum Gasteiger partial charge on any atom is 0.249 e. The van der Waals surface area contributed by atoms with Gasteiger partial charge in [-0.2, -0.15) is 0 Å². The molecule has 166 valence electrons. The first-order chi connectivity index (χ1) is 15.3. The normalized spacial score (nSPS) is 28.5. The van der Waals surface area contributed by atoms with Crippen molar-refractivity contribution in [2.75, 3.05) is 16.8 Å². The number of fused-ring (bicyclic) bond motifs is 4. The Hall–Kier alpha value is -2.41. The lowest BCUT2D eigenvalue weighted by Crippen LogP contribution is -2.50. The van der Waals surface area contributed by atoms with Crippen molar-refractivity contribution in [1.82, 2.24) is 4.90 Å². The van der Waals surface area contributed by atoms with E-state index in [2.05, 4.69) is 10.2 Å². The first-order valence-electron chi connectivity index (χ1n) is 10.7. The molecule has 3 aliphatic rings. The fourth-order valence-electron chi connectivity index (χ4n) is 6.08. The topological polar surface area (TPSA) is 69.7 Å². The molecule has 4 atom stereocenters. The highest BCUT2D eigenvalue weighted by atomic mass is 35.5. The third kappa shape index (κ3) is 2.86. The Labute approximate surface area is 196 Å². The second-order valence-electron chi connectivity index (χ2n) is 8.93. The SMILES string of the molecule is Cc1ccc2c(c1)C1(C(=O)N2)C(C)C(C(=O)N(C=O)c2cc(Cl)cc(Cl)c2)C2CCCN21. The first-order valence-corrected chi connectivity index (χ1v) is 11.5. The van der Waals surface area contributed by atoms with Crippen LogP contribution in [0.15, 0.2) is 36.4 Å². The number of halogens is 2. The summed E-state index contributed by atoms with van der Waals surface area (Å²) in [5, 5.41) is 3.72. The Morgan fingerprint density at radius 2 is 1.94 bits per heavy atom. The molecule has 32 heavy (non-hydrogen) atoms. The average molecular weight is 472 g/mol. The van der Waals surface area contributed by atoms with Crippen LogP contribution in [-0.4, -0.2) is 35.7 Å². The molecule has 3 heterocycles. The molecule has 0 saturated carbocycles. The second kappa shape index (κ2) is 7.58. The number of carbonyl (C=O) groups is 3. The van der Waals surface area contributed by atoms with Crippen LogP contribution >= 0.6 is 23.2 Å². The Balaban J connectivity index is 1.61. The molecule has 3 amide bonds. The summed E-state index contributed by atoms with van der Waals surface area (Å²) in [5.41, 5.74) is 2.16. The van der Waals surface area contributed by atoms with E-state index in [-0.39, 0.29) is 23.8 Å². The van der Waals surface area contributed by atoms with Crippen LogP contribution in [0.3, 0.4) is 0 Å². The molecule has 6 nitrogen and oxygen atoms in total. The Morgan fingerprint density at radius 1 is 1.22 bits per heavy atom. The number of imide groups is 1. The van der Waals surface area contributed by atoms with Crippen LogP contribution in [0.25, 0.3) is 0 Å². The van der Waals surface area contributed by atoms with Gasteiger partial charge < -0.3 is 5.32 Å². The molecular weight excluding hydrogens is 449 g/mol. The number of nitrogens with one attached hydrogen (secondary N) is 1. The molecule has 2 aromatic carbocycles. The van der Waals surface area contributed by atoms with E-state index in [1.54, 1.807) is 18.2 Å². The van der Waals surface area contributed by atoms with Crippen LogP contribution in [0.2, 0.25) is 10.0 Å². The van der Waals surface area contributed by atoms with E-state index in [0.717, 1.165) is 41.1 Å². The van der Waals surface area contributed by atoms with Gasteiger partial charge in [0.2, 0.25) is 18.2 Å². The smallest absolute Gasteiger partial charge is 0.249 e. The summed E-state index contributed by atoms with van der Waals surface area (Å²) in [6.07, 6.45) is 2.19. The number of benzene rings is 2.